The molecule has 190 valence electrons. The number of aliphatic hydroxyl groups excluding tert-OH is 1. The van der Waals surface area contributed by atoms with E-state index in [1.807, 2.05) is 32.3 Å². The lowest BCUT2D eigenvalue weighted by atomic mass is 10.0. The first-order chi connectivity index (χ1) is 16.6. The van der Waals surface area contributed by atoms with Crippen molar-refractivity contribution in [1.82, 2.24) is 14.2 Å². The molecular formula is C27H37N3O4S. The summed E-state index contributed by atoms with van der Waals surface area (Å²) >= 11 is 0. The Balaban J connectivity index is 1.97. The Morgan fingerprint density at radius 2 is 2.06 bits per heavy atom. The van der Waals surface area contributed by atoms with Crippen LogP contribution in [0.25, 0.3) is 0 Å². The molecule has 1 N–H and O–H groups in total. The number of hydrogen-bond donors (Lipinski definition) is 1. The van der Waals surface area contributed by atoms with Crippen LogP contribution < -0.4 is 4.74 Å². The van der Waals surface area contributed by atoms with E-state index in [2.05, 4.69) is 35.6 Å². The highest BCUT2D eigenvalue weighted by Gasteiger charge is 2.38. The Bertz CT molecular complexity index is 1140. The molecule has 0 fully saturated rings. The van der Waals surface area contributed by atoms with Gasteiger partial charge in [0, 0.05) is 56.0 Å². The van der Waals surface area contributed by atoms with Gasteiger partial charge in [-0.1, -0.05) is 38.7 Å². The van der Waals surface area contributed by atoms with Crippen LogP contribution in [0.15, 0.2) is 47.6 Å². The van der Waals surface area contributed by atoms with Gasteiger partial charge in [0.2, 0.25) is 10.0 Å². The van der Waals surface area contributed by atoms with Gasteiger partial charge in [-0.25, -0.2) is 8.42 Å². The number of nitrogens with zero attached hydrogens (tertiary/aromatic N) is 3. The number of aliphatic hydroxyl groups is 1. The molecule has 8 heteroatoms. The number of hydrogen-bond acceptors (Lipinski definition) is 6. The van der Waals surface area contributed by atoms with Gasteiger partial charge in [-0.05, 0) is 49.7 Å². The van der Waals surface area contributed by atoms with E-state index >= 15 is 0 Å². The Kier molecular flexibility index (Phi) is 9.31. The highest BCUT2D eigenvalue weighted by atomic mass is 32.2. The summed E-state index contributed by atoms with van der Waals surface area (Å²) in [7, 11) is -1.84. The maximum absolute atomic E-state index is 13.6. The molecular weight excluding hydrogens is 462 g/mol. The molecule has 0 spiro atoms. The first-order valence-electron chi connectivity index (χ1n) is 12.1. The molecule has 1 aromatic carbocycles. The van der Waals surface area contributed by atoms with Crippen molar-refractivity contribution < 1.29 is 18.3 Å². The Labute approximate surface area is 210 Å². The van der Waals surface area contributed by atoms with Crippen LogP contribution in [-0.2, 0) is 16.6 Å². The van der Waals surface area contributed by atoms with E-state index in [0.29, 0.717) is 24.8 Å². The average molecular weight is 500 g/mol. The lowest BCUT2D eigenvalue weighted by Crippen LogP contribution is -2.49. The van der Waals surface area contributed by atoms with Crippen LogP contribution >= 0.6 is 0 Å². The van der Waals surface area contributed by atoms with Crippen molar-refractivity contribution in [2.45, 2.75) is 57.7 Å². The quantitative estimate of drug-likeness (QED) is 0.588. The molecule has 3 atom stereocenters. The van der Waals surface area contributed by atoms with Crippen molar-refractivity contribution in [3.05, 3.63) is 53.9 Å². The smallest absolute Gasteiger partial charge is 0.247 e. The number of fused-ring (bicyclic) bond motifs is 1. The van der Waals surface area contributed by atoms with Gasteiger partial charge >= 0.3 is 0 Å². The fourth-order valence-corrected chi connectivity index (χ4v) is 5.88. The Morgan fingerprint density at radius 1 is 1.29 bits per heavy atom. The van der Waals surface area contributed by atoms with E-state index in [1.54, 1.807) is 31.3 Å². The number of ether oxygens (including phenoxy) is 1. The average Bonchev–Trinajstić information content (AvgIpc) is 2.81. The number of sulfonamides is 1. The SMILES string of the molecule is CC(C)CC#Cc1ccc2c(c1)O[C@H](CN(C)Cc1cccnc1)[C@@H](C)CN([C@@H](C)CO)S2(=O)=O. The normalized spacial score (nSPS) is 20.8. The standard InChI is InChI=1S/C27H37N3O4S/c1-20(2)8-6-9-23-11-12-27-25(14-23)34-26(18-29(5)17-24-10-7-13-28-15-24)21(3)16-30(22(4)19-31)35(27,32)33/h7,10-15,20-22,26,31H,8,16-19H2,1-5H3/t21-,22-,26+/m0/s1. The van der Waals surface area contributed by atoms with E-state index in [1.165, 1.54) is 4.31 Å². The van der Waals surface area contributed by atoms with Crippen molar-refractivity contribution in [3.63, 3.8) is 0 Å². The number of likely N-dealkylation sites (N-methyl/N-ethyl adjacent to an activating group) is 1. The molecule has 0 saturated heterocycles. The number of aromatic nitrogens is 1. The highest BCUT2D eigenvalue weighted by Crippen LogP contribution is 2.34. The molecule has 1 aliphatic rings. The first-order valence-corrected chi connectivity index (χ1v) is 13.6. The van der Waals surface area contributed by atoms with Crippen LogP contribution in [0.3, 0.4) is 0 Å². The second kappa shape index (κ2) is 12.0. The molecule has 0 saturated carbocycles. The molecule has 1 aliphatic heterocycles. The molecule has 0 bridgehead atoms. The third-order valence-corrected chi connectivity index (χ3v) is 8.10. The maximum Gasteiger partial charge on any atom is 0.247 e. The summed E-state index contributed by atoms with van der Waals surface area (Å²) in [5.41, 5.74) is 1.81. The molecule has 0 radical (unpaired) electrons. The zero-order valence-corrected chi connectivity index (χ0v) is 22.1. The summed E-state index contributed by atoms with van der Waals surface area (Å²) in [6, 6.07) is 8.42. The summed E-state index contributed by atoms with van der Waals surface area (Å²) in [5.74, 6) is 6.95. The number of rotatable bonds is 7. The minimum absolute atomic E-state index is 0.110. The lowest BCUT2D eigenvalue weighted by Gasteiger charge is -2.37. The minimum atomic E-state index is -3.86. The third-order valence-electron chi connectivity index (χ3n) is 6.08. The van der Waals surface area contributed by atoms with Gasteiger partial charge in [0.05, 0.1) is 6.61 Å². The van der Waals surface area contributed by atoms with Crippen LogP contribution in [0.5, 0.6) is 5.75 Å². The fourth-order valence-electron chi connectivity index (χ4n) is 4.05. The summed E-state index contributed by atoms with van der Waals surface area (Å²) in [6.07, 6.45) is 4.09. The van der Waals surface area contributed by atoms with Gasteiger partial charge < -0.3 is 9.84 Å². The molecule has 2 aromatic rings. The molecule has 3 rings (SSSR count). The first kappa shape index (κ1) is 27.2. The Morgan fingerprint density at radius 3 is 2.71 bits per heavy atom. The van der Waals surface area contributed by atoms with E-state index in [0.717, 1.165) is 17.5 Å². The maximum atomic E-state index is 13.6. The lowest BCUT2D eigenvalue weighted by molar-refractivity contribution is 0.0733. The van der Waals surface area contributed by atoms with Gasteiger partial charge in [-0.15, -0.1) is 0 Å². The van der Waals surface area contributed by atoms with Gasteiger partial charge in [-0.3, -0.25) is 9.88 Å². The zero-order chi connectivity index (χ0) is 25.6. The summed E-state index contributed by atoms with van der Waals surface area (Å²) in [5, 5.41) is 9.81. The van der Waals surface area contributed by atoms with Crippen molar-refractivity contribution in [2.24, 2.45) is 11.8 Å². The van der Waals surface area contributed by atoms with E-state index in [4.69, 9.17) is 4.74 Å². The summed E-state index contributed by atoms with van der Waals surface area (Å²) < 4.78 is 35.0. The van der Waals surface area contributed by atoms with Crippen molar-refractivity contribution in [1.29, 1.82) is 0 Å². The zero-order valence-electron chi connectivity index (χ0n) is 21.3. The molecule has 35 heavy (non-hydrogen) atoms. The highest BCUT2D eigenvalue weighted by molar-refractivity contribution is 7.89. The van der Waals surface area contributed by atoms with E-state index in [9.17, 15) is 13.5 Å². The van der Waals surface area contributed by atoms with Crippen molar-refractivity contribution in [2.75, 3.05) is 26.7 Å². The summed E-state index contributed by atoms with van der Waals surface area (Å²) in [4.78, 5) is 6.45. The van der Waals surface area contributed by atoms with Crippen LogP contribution in [0.1, 0.15) is 45.2 Å². The van der Waals surface area contributed by atoms with Gasteiger partial charge in [0.15, 0.2) is 0 Å². The molecule has 0 amide bonds. The van der Waals surface area contributed by atoms with E-state index in [-0.39, 0.29) is 30.1 Å². The molecule has 0 unspecified atom stereocenters. The predicted octanol–water partition coefficient (Wildman–Crippen LogP) is 3.38. The molecule has 0 aliphatic carbocycles. The van der Waals surface area contributed by atoms with Crippen LogP contribution in [0, 0.1) is 23.7 Å². The second-order valence-electron chi connectivity index (χ2n) is 9.86. The molecule has 7 nitrogen and oxygen atoms in total. The van der Waals surface area contributed by atoms with Crippen molar-refractivity contribution in [3.8, 4) is 17.6 Å². The van der Waals surface area contributed by atoms with Gasteiger partial charge in [0.25, 0.3) is 0 Å². The van der Waals surface area contributed by atoms with E-state index < -0.39 is 16.1 Å². The molecule has 2 heterocycles. The monoisotopic (exact) mass is 499 g/mol. The third kappa shape index (κ3) is 7.05. The topological polar surface area (TPSA) is 83.0 Å². The van der Waals surface area contributed by atoms with Crippen LogP contribution in [0.2, 0.25) is 0 Å². The number of benzene rings is 1. The molecule has 1 aromatic heterocycles. The fraction of sp³-hybridized carbons (Fsp3) is 0.519. The van der Waals surface area contributed by atoms with Crippen LogP contribution in [-0.4, -0.2) is 66.6 Å². The predicted molar refractivity (Wildman–Crippen MR) is 137 cm³/mol. The summed E-state index contributed by atoms with van der Waals surface area (Å²) in [6.45, 7) is 9.22. The van der Waals surface area contributed by atoms with Crippen LogP contribution in [0.4, 0.5) is 0 Å². The largest absolute Gasteiger partial charge is 0.487 e. The van der Waals surface area contributed by atoms with Gasteiger partial charge in [-0.2, -0.15) is 4.31 Å². The minimum Gasteiger partial charge on any atom is -0.487 e. The second-order valence-corrected chi connectivity index (χ2v) is 11.7. The Hall–Kier alpha value is -2.44. The number of pyridine rings is 1. The van der Waals surface area contributed by atoms with Gasteiger partial charge in [0.1, 0.15) is 16.7 Å². The van der Waals surface area contributed by atoms with Crippen molar-refractivity contribution >= 4 is 10.0 Å².